The molecular formula is C10H17NO3. The lowest BCUT2D eigenvalue weighted by atomic mass is 9.57. The molecule has 1 aliphatic carbocycles. The quantitative estimate of drug-likeness (QED) is 0.656. The van der Waals surface area contributed by atoms with Crippen molar-refractivity contribution >= 4 is 5.97 Å². The zero-order chi connectivity index (χ0) is 10.2. The smallest absolute Gasteiger partial charge is 0.326 e. The van der Waals surface area contributed by atoms with Crippen LogP contribution >= 0.6 is 0 Å². The molecule has 14 heavy (non-hydrogen) atoms. The molecule has 1 heterocycles. The van der Waals surface area contributed by atoms with Gasteiger partial charge in [-0.3, -0.25) is 4.79 Å². The predicted octanol–water partition coefficient (Wildman–Crippen LogP) is 0.447. The van der Waals surface area contributed by atoms with E-state index in [4.69, 9.17) is 15.2 Å². The lowest BCUT2D eigenvalue weighted by Gasteiger charge is -2.49. The van der Waals surface area contributed by atoms with Crippen molar-refractivity contribution < 1.29 is 14.3 Å². The molecular weight excluding hydrogens is 182 g/mol. The first kappa shape index (κ1) is 9.93. The molecule has 1 spiro atoms. The van der Waals surface area contributed by atoms with Crippen molar-refractivity contribution in [3.05, 3.63) is 0 Å². The van der Waals surface area contributed by atoms with E-state index in [1.165, 1.54) is 0 Å². The van der Waals surface area contributed by atoms with Gasteiger partial charge in [-0.25, -0.2) is 0 Å². The van der Waals surface area contributed by atoms with Crippen LogP contribution in [0.15, 0.2) is 0 Å². The van der Waals surface area contributed by atoms with Gasteiger partial charge < -0.3 is 15.2 Å². The van der Waals surface area contributed by atoms with Crippen LogP contribution in [0.5, 0.6) is 0 Å². The number of carbonyl (C=O) groups excluding carboxylic acids is 1. The van der Waals surface area contributed by atoms with Crippen LogP contribution in [0.1, 0.15) is 26.2 Å². The maximum atomic E-state index is 11.5. The Hall–Kier alpha value is -0.610. The fourth-order valence-corrected chi connectivity index (χ4v) is 2.63. The van der Waals surface area contributed by atoms with Crippen LogP contribution in [0.25, 0.3) is 0 Å². The molecule has 2 aliphatic rings. The number of nitrogens with two attached hydrogens (primary N) is 1. The topological polar surface area (TPSA) is 61.5 Å². The van der Waals surface area contributed by atoms with E-state index in [2.05, 4.69) is 0 Å². The summed E-state index contributed by atoms with van der Waals surface area (Å²) in [6, 6.07) is 0. The summed E-state index contributed by atoms with van der Waals surface area (Å²) in [6.45, 7) is 3.76. The largest absolute Gasteiger partial charge is 0.465 e. The molecule has 4 nitrogen and oxygen atoms in total. The number of hydrogen-bond donors (Lipinski definition) is 1. The summed E-state index contributed by atoms with van der Waals surface area (Å²) < 4.78 is 10.3. The summed E-state index contributed by atoms with van der Waals surface area (Å²) in [5, 5.41) is 0. The molecule has 1 saturated heterocycles. The average molecular weight is 199 g/mol. The Morgan fingerprint density at radius 1 is 1.57 bits per heavy atom. The Kier molecular flexibility index (Phi) is 2.27. The molecule has 0 bridgehead atoms. The normalized spacial score (nSPS) is 41.0. The molecule has 1 aliphatic heterocycles. The summed E-state index contributed by atoms with van der Waals surface area (Å²) >= 11 is 0. The maximum Gasteiger partial charge on any atom is 0.326 e. The van der Waals surface area contributed by atoms with E-state index < -0.39 is 5.54 Å². The van der Waals surface area contributed by atoms with Crippen molar-refractivity contribution in [1.29, 1.82) is 0 Å². The molecule has 1 saturated carbocycles. The third kappa shape index (κ3) is 1.42. The number of carbonyl (C=O) groups is 1. The van der Waals surface area contributed by atoms with Gasteiger partial charge >= 0.3 is 5.97 Å². The van der Waals surface area contributed by atoms with Crippen molar-refractivity contribution in [1.82, 2.24) is 0 Å². The Morgan fingerprint density at radius 2 is 2.29 bits per heavy atom. The van der Waals surface area contributed by atoms with Gasteiger partial charge in [0.15, 0.2) is 0 Å². The molecule has 2 rings (SSSR count). The van der Waals surface area contributed by atoms with Gasteiger partial charge in [-0.2, -0.15) is 0 Å². The third-order valence-electron chi connectivity index (χ3n) is 3.25. The summed E-state index contributed by atoms with van der Waals surface area (Å²) in [4.78, 5) is 11.5. The van der Waals surface area contributed by atoms with Crippen LogP contribution < -0.4 is 5.73 Å². The number of rotatable bonds is 2. The molecule has 0 aromatic rings. The van der Waals surface area contributed by atoms with Crippen molar-refractivity contribution in [2.75, 3.05) is 19.8 Å². The van der Waals surface area contributed by atoms with Gasteiger partial charge in [0.2, 0.25) is 0 Å². The van der Waals surface area contributed by atoms with Crippen LogP contribution in [0.4, 0.5) is 0 Å². The second-order valence-electron chi connectivity index (χ2n) is 4.53. The summed E-state index contributed by atoms with van der Waals surface area (Å²) in [5.74, 6) is -0.252. The molecule has 0 amide bonds. The van der Waals surface area contributed by atoms with Gasteiger partial charge in [-0.1, -0.05) is 0 Å². The molecule has 0 unspecified atom stereocenters. The lowest BCUT2D eigenvalue weighted by molar-refractivity contribution is -0.159. The molecule has 2 fully saturated rings. The zero-order valence-electron chi connectivity index (χ0n) is 8.54. The van der Waals surface area contributed by atoms with Crippen molar-refractivity contribution in [3.63, 3.8) is 0 Å². The highest BCUT2D eigenvalue weighted by molar-refractivity contribution is 5.82. The Bertz CT molecular complexity index is 238. The highest BCUT2D eigenvalue weighted by Gasteiger charge is 2.58. The fraction of sp³-hybridized carbons (Fsp3) is 0.900. The Balaban J connectivity index is 1.93. The van der Waals surface area contributed by atoms with Crippen LogP contribution in [-0.2, 0) is 14.3 Å². The van der Waals surface area contributed by atoms with Crippen LogP contribution in [0.3, 0.4) is 0 Å². The number of hydrogen-bond acceptors (Lipinski definition) is 4. The maximum absolute atomic E-state index is 11.5. The van der Waals surface area contributed by atoms with Gasteiger partial charge in [-0.15, -0.1) is 0 Å². The second kappa shape index (κ2) is 3.21. The fourth-order valence-electron chi connectivity index (χ4n) is 2.63. The minimum absolute atomic E-state index is 0.182. The first-order valence-corrected chi connectivity index (χ1v) is 5.14. The Labute approximate surface area is 83.7 Å². The monoisotopic (exact) mass is 199 g/mol. The number of ether oxygens (including phenoxy) is 2. The first-order chi connectivity index (χ1) is 6.60. The van der Waals surface area contributed by atoms with Gasteiger partial charge in [0.1, 0.15) is 5.54 Å². The Morgan fingerprint density at radius 3 is 2.79 bits per heavy atom. The third-order valence-corrected chi connectivity index (χ3v) is 3.25. The minimum Gasteiger partial charge on any atom is -0.465 e. The zero-order valence-corrected chi connectivity index (χ0v) is 8.54. The molecule has 0 aromatic heterocycles. The van der Waals surface area contributed by atoms with Crippen LogP contribution in [-0.4, -0.2) is 31.3 Å². The highest BCUT2D eigenvalue weighted by atomic mass is 16.5. The highest BCUT2D eigenvalue weighted by Crippen LogP contribution is 2.52. The van der Waals surface area contributed by atoms with Crippen molar-refractivity contribution in [2.45, 2.75) is 31.7 Å². The lowest BCUT2D eigenvalue weighted by Crippen LogP contribution is -2.63. The molecule has 80 valence electrons. The molecule has 0 radical (unpaired) electrons. The van der Waals surface area contributed by atoms with Gasteiger partial charge in [-0.05, 0) is 26.2 Å². The second-order valence-corrected chi connectivity index (χ2v) is 4.53. The number of esters is 1. The summed E-state index contributed by atoms with van der Waals surface area (Å²) in [7, 11) is 0. The molecule has 2 N–H and O–H groups in total. The van der Waals surface area contributed by atoms with Crippen LogP contribution in [0, 0.1) is 5.41 Å². The molecule has 4 heteroatoms. The van der Waals surface area contributed by atoms with Crippen molar-refractivity contribution in [3.8, 4) is 0 Å². The first-order valence-electron chi connectivity index (χ1n) is 5.14. The van der Waals surface area contributed by atoms with E-state index in [0.717, 1.165) is 32.5 Å². The standard InChI is InChI=1S/C10H17NO3/c1-2-14-8(12)10(11)5-9(6-10)3-4-13-7-9/h2-7,11H2,1H3. The minimum atomic E-state index is -0.732. The summed E-state index contributed by atoms with van der Waals surface area (Å²) in [6.07, 6.45) is 2.48. The molecule has 0 atom stereocenters. The van der Waals surface area contributed by atoms with E-state index in [1.807, 2.05) is 0 Å². The predicted molar refractivity (Wildman–Crippen MR) is 50.7 cm³/mol. The molecule has 0 aromatic carbocycles. The van der Waals surface area contributed by atoms with E-state index in [0.29, 0.717) is 6.61 Å². The average Bonchev–Trinajstić information content (AvgIpc) is 2.52. The van der Waals surface area contributed by atoms with Crippen LogP contribution in [0.2, 0.25) is 0 Å². The van der Waals surface area contributed by atoms with E-state index in [1.54, 1.807) is 6.92 Å². The van der Waals surface area contributed by atoms with Gasteiger partial charge in [0.25, 0.3) is 0 Å². The van der Waals surface area contributed by atoms with E-state index in [-0.39, 0.29) is 11.4 Å². The summed E-state index contributed by atoms with van der Waals surface area (Å²) in [5.41, 5.74) is 5.41. The van der Waals surface area contributed by atoms with Gasteiger partial charge in [0.05, 0.1) is 13.2 Å². The SMILES string of the molecule is CCOC(=O)C1(N)CC2(CCOC2)C1. The van der Waals surface area contributed by atoms with E-state index in [9.17, 15) is 4.79 Å². The van der Waals surface area contributed by atoms with Crippen molar-refractivity contribution in [2.24, 2.45) is 11.1 Å². The van der Waals surface area contributed by atoms with E-state index >= 15 is 0 Å². The van der Waals surface area contributed by atoms with Gasteiger partial charge in [0, 0.05) is 12.0 Å².